The molecule has 0 radical (unpaired) electrons. The van der Waals surface area contributed by atoms with Gasteiger partial charge in [0.05, 0.1) is 49.2 Å². The molecule has 0 aliphatic carbocycles. The van der Waals surface area contributed by atoms with Gasteiger partial charge in [0.1, 0.15) is 24.4 Å². The molecule has 0 saturated carbocycles. The Labute approximate surface area is 320 Å². The lowest BCUT2D eigenvalue weighted by Gasteiger charge is -2.39. The minimum atomic E-state index is -1.51. The number of aliphatic hydroxyl groups is 4. The van der Waals surface area contributed by atoms with E-state index in [4.69, 9.17) is 24.2 Å². The van der Waals surface area contributed by atoms with Crippen LogP contribution in [0.3, 0.4) is 0 Å². The van der Waals surface area contributed by atoms with Crippen LogP contribution in [-0.2, 0) is 25.4 Å². The number of aliphatic hydroxyl groups excluding tert-OH is 4. The first-order valence-corrected chi connectivity index (χ1v) is 18.9. The zero-order valence-electron chi connectivity index (χ0n) is 32.5. The summed E-state index contributed by atoms with van der Waals surface area (Å²) in [6, 6.07) is 8.46. The molecule has 3 aromatic heterocycles. The Bertz CT molecular complexity index is 2180. The molecule has 7 N–H and O–H groups in total. The number of amides is 1. The van der Waals surface area contributed by atoms with Crippen LogP contribution >= 0.6 is 0 Å². The third kappa shape index (κ3) is 8.24. The van der Waals surface area contributed by atoms with E-state index in [1.807, 2.05) is 19.1 Å². The summed E-state index contributed by atoms with van der Waals surface area (Å²) in [4.78, 5) is 30.6. The highest BCUT2D eigenvalue weighted by Gasteiger charge is 2.44. The lowest BCUT2D eigenvalue weighted by atomic mass is 9.98. The smallest absolute Gasteiger partial charge is 0.220 e. The fourth-order valence-electron chi connectivity index (χ4n) is 7.46. The third-order valence-corrected chi connectivity index (χ3v) is 10.9. The number of ether oxygens (including phenoxy) is 3. The van der Waals surface area contributed by atoms with Crippen molar-refractivity contribution in [3.63, 3.8) is 0 Å². The molecule has 13 heteroatoms. The van der Waals surface area contributed by atoms with Gasteiger partial charge in [0.15, 0.2) is 6.29 Å². The van der Waals surface area contributed by atoms with Crippen LogP contribution in [0.25, 0.3) is 44.4 Å². The van der Waals surface area contributed by atoms with E-state index in [1.54, 1.807) is 0 Å². The molecular formula is C42H53N5O8. The Morgan fingerprint density at radius 2 is 1.60 bits per heavy atom. The van der Waals surface area contributed by atoms with Crippen molar-refractivity contribution in [3.8, 4) is 0 Å². The van der Waals surface area contributed by atoms with Crippen molar-refractivity contribution in [2.24, 2.45) is 0 Å². The molecule has 3 aromatic rings. The number of nitrogens with zero attached hydrogens (tertiary/aromatic N) is 2. The van der Waals surface area contributed by atoms with Crippen molar-refractivity contribution in [2.45, 2.75) is 91.5 Å². The van der Waals surface area contributed by atoms with Crippen molar-refractivity contribution in [1.82, 2.24) is 25.3 Å². The average Bonchev–Trinajstić information content (AvgIpc) is 3.87. The Hall–Kier alpha value is -4.47. The van der Waals surface area contributed by atoms with Crippen molar-refractivity contribution in [2.75, 3.05) is 33.0 Å². The normalized spacial score (nSPS) is 21.4. The number of H-pyrrole nitrogens is 2. The number of fused-ring (bicyclic) bond motifs is 8. The average molecular weight is 756 g/mol. The summed E-state index contributed by atoms with van der Waals surface area (Å²) < 4.78 is 16.3. The lowest BCUT2D eigenvalue weighted by molar-refractivity contribution is -0.302. The number of allylic oxidation sites excluding steroid dienone is 5. The minimum absolute atomic E-state index is 0.0261. The van der Waals surface area contributed by atoms with Crippen LogP contribution in [0.1, 0.15) is 78.6 Å². The first-order valence-electron chi connectivity index (χ1n) is 18.9. The number of carbonyl (C=O) groups excluding carboxylic acids is 1. The molecule has 0 aromatic carbocycles. The lowest BCUT2D eigenvalue weighted by Crippen LogP contribution is -2.59. The number of nitrogens with one attached hydrogen (secondary N) is 3. The van der Waals surface area contributed by atoms with Crippen LogP contribution in [0.15, 0.2) is 36.9 Å². The first kappa shape index (κ1) is 40.2. The molecule has 55 heavy (non-hydrogen) atoms. The molecule has 0 unspecified atom stereocenters. The van der Waals surface area contributed by atoms with Gasteiger partial charge in [-0.25, -0.2) is 9.97 Å². The Balaban J connectivity index is 1.19. The van der Waals surface area contributed by atoms with Crippen LogP contribution in [-0.4, -0.2) is 110 Å². The Morgan fingerprint density at radius 1 is 0.873 bits per heavy atom. The molecule has 6 rings (SSSR count). The zero-order valence-corrected chi connectivity index (χ0v) is 32.5. The molecule has 8 bridgehead atoms. The number of carbonyl (C=O) groups is 1. The van der Waals surface area contributed by atoms with Gasteiger partial charge in [0.2, 0.25) is 5.91 Å². The molecule has 13 nitrogen and oxygen atoms in total. The molecule has 3 aliphatic rings. The molecule has 1 amide bonds. The fraction of sp³-hybridized carbons (Fsp3) is 0.452. The third-order valence-electron chi connectivity index (χ3n) is 10.9. The maximum Gasteiger partial charge on any atom is 0.220 e. The van der Waals surface area contributed by atoms with Gasteiger partial charge < -0.3 is 49.9 Å². The Morgan fingerprint density at radius 3 is 2.33 bits per heavy atom. The predicted molar refractivity (Wildman–Crippen MR) is 213 cm³/mol. The van der Waals surface area contributed by atoms with Gasteiger partial charge in [-0.3, -0.25) is 4.79 Å². The monoisotopic (exact) mass is 755 g/mol. The van der Waals surface area contributed by atoms with Crippen LogP contribution in [0.5, 0.6) is 0 Å². The van der Waals surface area contributed by atoms with E-state index in [2.05, 4.69) is 74.7 Å². The summed E-state index contributed by atoms with van der Waals surface area (Å²) in [6.07, 6.45) is -3.24. The van der Waals surface area contributed by atoms with Gasteiger partial charge in [-0.2, -0.15) is 0 Å². The maximum absolute atomic E-state index is 13.1. The summed E-state index contributed by atoms with van der Waals surface area (Å²) in [5.74, 6) is -0.126. The second-order valence-corrected chi connectivity index (χ2v) is 14.4. The van der Waals surface area contributed by atoms with E-state index < -0.39 is 37.3 Å². The first-order chi connectivity index (χ1) is 26.4. The SMILES string of the molecule is C=CC1=C(C)c2cc3nc(c(C)c4cc(C)c(cc5[nH]c(cc1n2)c(C)c5CC)[nH]4)C(CCC(=O)NCCOCCO[C@@H]1O[C@H](CO)[C@@H](O)[C@H](O)[C@H]1O)=C3C. The summed E-state index contributed by atoms with van der Waals surface area (Å²) in [7, 11) is 0. The highest BCUT2D eigenvalue weighted by atomic mass is 16.7. The van der Waals surface area contributed by atoms with E-state index in [0.717, 1.165) is 84.7 Å². The van der Waals surface area contributed by atoms with Crippen LogP contribution < -0.4 is 5.32 Å². The van der Waals surface area contributed by atoms with E-state index in [1.165, 1.54) is 11.1 Å². The molecule has 1 fully saturated rings. The highest BCUT2D eigenvalue weighted by molar-refractivity contribution is 5.98. The summed E-state index contributed by atoms with van der Waals surface area (Å²) in [6.45, 7) is 16.8. The van der Waals surface area contributed by atoms with E-state index in [9.17, 15) is 25.2 Å². The predicted octanol–water partition coefficient (Wildman–Crippen LogP) is 4.58. The van der Waals surface area contributed by atoms with Crippen molar-refractivity contribution < 1.29 is 39.4 Å². The molecule has 1 saturated heterocycles. The second kappa shape index (κ2) is 17.1. The van der Waals surface area contributed by atoms with Gasteiger partial charge >= 0.3 is 0 Å². The van der Waals surface area contributed by atoms with Crippen LogP contribution in [0.4, 0.5) is 0 Å². The number of hydrogen-bond donors (Lipinski definition) is 7. The van der Waals surface area contributed by atoms with Gasteiger partial charge in [-0.05, 0) is 111 Å². The molecule has 5 atom stereocenters. The quantitative estimate of drug-likeness (QED) is 0.121. The highest BCUT2D eigenvalue weighted by Crippen LogP contribution is 2.38. The van der Waals surface area contributed by atoms with Gasteiger partial charge in [0.25, 0.3) is 0 Å². The maximum atomic E-state index is 13.1. The summed E-state index contributed by atoms with van der Waals surface area (Å²) in [5, 5.41) is 42.2. The van der Waals surface area contributed by atoms with Crippen LogP contribution in [0.2, 0.25) is 0 Å². The van der Waals surface area contributed by atoms with E-state index >= 15 is 0 Å². The molecular weight excluding hydrogens is 702 g/mol. The van der Waals surface area contributed by atoms with Gasteiger partial charge in [-0.15, -0.1) is 0 Å². The molecule has 6 heterocycles. The molecule has 3 aliphatic heterocycles. The number of aryl methyl sites for hydroxylation is 4. The second-order valence-electron chi connectivity index (χ2n) is 14.4. The van der Waals surface area contributed by atoms with Crippen molar-refractivity contribution in [3.05, 3.63) is 81.9 Å². The summed E-state index contributed by atoms with van der Waals surface area (Å²) in [5.41, 5.74) is 15.9. The largest absolute Gasteiger partial charge is 0.394 e. The number of aromatic amines is 2. The molecule has 294 valence electrons. The summed E-state index contributed by atoms with van der Waals surface area (Å²) >= 11 is 0. The van der Waals surface area contributed by atoms with Crippen molar-refractivity contribution in [1.29, 1.82) is 0 Å². The van der Waals surface area contributed by atoms with Crippen molar-refractivity contribution >= 4 is 50.3 Å². The number of hydrogen-bond acceptors (Lipinski definition) is 10. The van der Waals surface area contributed by atoms with E-state index in [-0.39, 0.29) is 38.7 Å². The minimum Gasteiger partial charge on any atom is -0.394 e. The topological polar surface area (TPSA) is 195 Å². The standard InChI is InChI=1S/C42H53N5O8/c1-8-26-23(5)32-19-35-27(9-2)22(4)31(45-35)18-33-24(6)28(38(47-33)25(7)30-16-21(3)29(44-30)17-34(26)46-32)10-11-37(49)43-12-13-53-14-15-54-42-41(52)40(51)39(50)36(20-48)55-42/h9,16-19,36,39-42,44,46,48,50-52H,2,8,10-15,20H2,1,3-7H3,(H,43,49)/t36-,39-,40+,41-,42-/m1/s1. The van der Waals surface area contributed by atoms with Crippen LogP contribution in [0, 0.1) is 20.8 Å². The number of aromatic nitrogens is 4. The van der Waals surface area contributed by atoms with Gasteiger partial charge in [0, 0.05) is 40.6 Å². The Kier molecular flexibility index (Phi) is 12.5. The van der Waals surface area contributed by atoms with Gasteiger partial charge in [-0.1, -0.05) is 19.6 Å². The number of rotatable bonds is 13. The molecule has 0 spiro atoms. The zero-order chi connectivity index (χ0) is 39.6. The fourth-order valence-corrected chi connectivity index (χ4v) is 7.46. The van der Waals surface area contributed by atoms with E-state index in [0.29, 0.717) is 6.42 Å².